The van der Waals surface area contributed by atoms with Crippen LogP contribution in [0.15, 0.2) is 18.2 Å². The number of esters is 1. The lowest BCUT2D eigenvalue weighted by Gasteiger charge is -2.30. The molecule has 1 aromatic rings. The van der Waals surface area contributed by atoms with E-state index in [9.17, 15) is 9.59 Å². The molecule has 0 bridgehead atoms. The first-order chi connectivity index (χ1) is 11.4. The molecule has 1 N–H and O–H groups in total. The maximum absolute atomic E-state index is 12.2. The van der Waals surface area contributed by atoms with Gasteiger partial charge in [-0.3, -0.25) is 14.5 Å². The molecule has 0 radical (unpaired) electrons. The molecule has 132 valence electrons. The highest BCUT2D eigenvalue weighted by molar-refractivity contribution is 6.35. The molecule has 1 aliphatic heterocycles. The molecule has 7 heteroatoms. The summed E-state index contributed by atoms with van der Waals surface area (Å²) in [5, 5.41) is 4.05. The number of nitrogens with zero attached hydrogens (tertiary/aromatic N) is 1. The summed E-state index contributed by atoms with van der Waals surface area (Å²) in [5.41, 5.74) is 0.832. The van der Waals surface area contributed by atoms with Crippen molar-refractivity contribution >= 4 is 35.1 Å². The van der Waals surface area contributed by atoms with Crippen LogP contribution in [0.5, 0.6) is 0 Å². The van der Waals surface area contributed by atoms with Crippen LogP contribution in [0.25, 0.3) is 0 Å². The topological polar surface area (TPSA) is 58.6 Å². The minimum atomic E-state index is -0.199. The second kappa shape index (κ2) is 8.70. The smallest absolute Gasteiger partial charge is 0.308 e. The van der Waals surface area contributed by atoms with E-state index in [1.807, 2.05) is 17.9 Å². The van der Waals surface area contributed by atoms with Gasteiger partial charge in [-0.05, 0) is 50.6 Å². The second-order valence-corrected chi connectivity index (χ2v) is 6.87. The van der Waals surface area contributed by atoms with Crippen molar-refractivity contribution < 1.29 is 14.3 Å². The molecule has 0 spiro atoms. The number of likely N-dealkylation sites (tertiary alicyclic amines) is 1. The van der Waals surface area contributed by atoms with Crippen molar-refractivity contribution in [3.63, 3.8) is 0 Å². The van der Waals surface area contributed by atoms with Crippen molar-refractivity contribution in [2.24, 2.45) is 5.92 Å². The highest BCUT2D eigenvalue weighted by atomic mass is 35.5. The van der Waals surface area contributed by atoms with E-state index in [0.29, 0.717) is 29.7 Å². The molecule has 1 amide bonds. The van der Waals surface area contributed by atoms with E-state index >= 15 is 0 Å². The zero-order valence-electron chi connectivity index (χ0n) is 13.9. The Morgan fingerprint density at radius 2 is 2.00 bits per heavy atom. The van der Waals surface area contributed by atoms with E-state index < -0.39 is 0 Å². The van der Waals surface area contributed by atoms with Gasteiger partial charge < -0.3 is 10.1 Å². The summed E-state index contributed by atoms with van der Waals surface area (Å²) < 4.78 is 4.77. The molecule has 1 aliphatic rings. The summed E-state index contributed by atoms with van der Waals surface area (Å²) in [5.74, 6) is -0.281. The third-order valence-electron chi connectivity index (χ3n) is 4.30. The van der Waals surface area contributed by atoms with Crippen molar-refractivity contribution in [2.75, 3.05) is 26.7 Å². The van der Waals surface area contributed by atoms with E-state index in [2.05, 4.69) is 5.32 Å². The lowest BCUT2D eigenvalue weighted by Crippen LogP contribution is -2.43. The van der Waals surface area contributed by atoms with Crippen LogP contribution in [0, 0.1) is 5.92 Å². The number of nitrogens with one attached hydrogen (secondary N) is 1. The minimum absolute atomic E-state index is 0.0545. The molecule has 1 saturated heterocycles. The number of carbonyl (C=O) groups is 2. The van der Waals surface area contributed by atoms with Gasteiger partial charge in [0.05, 0.1) is 25.6 Å². The zero-order chi connectivity index (χ0) is 17.7. The third-order valence-corrected chi connectivity index (χ3v) is 4.86. The summed E-state index contributed by atoms with van der Waals surface area (Å²) in [6.45, 7) is 3.62. The fraction of sp³-hybridized carbons (Fsp3) is 0.529. The first-order valence-electron chi connectivity index (χ1n) is 7.95. The Morgan fingerprint density at radius 3 is 2.58 bits per heavy atom. The lowest BCUT2D eigenvalue weighted by atomic mass is 9.97. The Bertz CT molecular complexity index is 601. The maximum Gasteiger partial charge on any atom is 0.308 e. The highest BCUT2D eigenvalue weighted by Crippen LogP contribution is 2.26. The number of ether oxygens (including phenoxy) is 1. The fourth-order valence-corrected chi connectivity index (χ4v) is 3.49. The number of carbonyl (C=O) groups excluding carboxylic acids is 2. The molecule has 1 aromatic carbocycles. The fourth-order valence-electron chi connectivity index (χ4n) is 2.91. The van der Waals surface area contributed by atoms with Gasteiger partial charge in [0.15, 0.2) is 0 Å². The van der Waals surface area contributed by atoms with Crippen molar-refractivity contribution in [3.05, 3.63) is 33.8 Å². The van der Waals surface area contributed by atoms with Crippen LogP contribution in [-0.4, -0.2) is 43.5 Å². The van der Waals surface area contributed by atoms with Gasteiger partial charge in [0.25, 0.3) is 0 Å². The molecule has 5 nitrogen and oxygen atoms in total. The summed E-state index contributed by atoms with van der Waals surface area (Å²) in [6, 6.07) is 5.04. The first-order valence-corrected chi connectivity index (χ1v) is 8.70. The van der Waals surface area contributed by atoms with Crippen molar-refractivity contribution in [3.8, 4) is 0 Å². The maximum atomic E-state index is 12.2. The molecular weight excluding hydrogens is 351 g/mol. The largest absolute Gasteiger partial charge is 0.469 e. The van der Waals surface area contributed by atoms with Gasteiger partial charge in [-0.25, -0.2) is 0 Å². The monoisotopic (exact) mass is 372 g/mol. The van der Waals surface area contributed by atoms with Gasteiger partial charge >= 0.3 is 5.97 Å². The summed E-state index contributed by atoms with van der Waals surface area (Å²) in [7, 11) is 1.41. The number of piperidine rings is 1. The van der Waals surface area contributed by atoms with Gasteiger partial charge in [-0.15, -0.1) is 0 Å². The Morgan fingerprint density at radius 1 is 1.33 bits per heavy atom. The number of halogens is 2. The van der Waals surface area contributed by atoms with Crippen LogP contribution in [0.4, 0.5) is 0 Å². The molecule has 1 heterocycles. The summed E-state index contributed by atoms with van der Waals surface area (Å²) in [4.78, 5) is 25.8. The quantitative estimate of drug-likeness (QED) is 0.806. The second-order valence-electron chi connectivity index (χ2n) is 6.03. The third kappa shape index (κ3) is 5.10. The minimum Gasteiger partial charge on any atom is -0.469 e. The predicted molar refractivity (Wildman–Crippen MR) is 94.2 cm³/mol. The van der Waals surface area contributed by atoms with Crippen molar-refractivity contribution in [1.82, 2.24) is 10.2 Å². The molecule has 1 fully saturated rings. The van der Waals surface area contributed by atoms with Crippen LogP contribution in [0.3, 0.4) is 0 Å². The number of amides is 1. The molecule has 24 heavy (non-hydrogen) atoms. The van der Waals surface area contributed by atoms with E-state index in [1.165, 1.54) is 7.11 Å². The van der Waals surface area contributed by atoms with Gasteiger partial charge in [0.2, 0.25) is 5.91 Å². The first kappa shape index (κ1) is 19.0. The number of hydrogen-bond acceptors (Lipinski definition) is 4. The molecule has 0 saturated carbocycles. The zero-order valence-corrected chi connectivity index (χ0v) is 15.4. The van der Waals surface area contributed by atoms with E-state index in [1.54, 1.807) is 12.1 Å². The number of rotatable bonds is 5. The highest BCUT2D eigenvalue weighted by Gasteiger charge is 2.26. The van der Waals surface area contributed by atoms with Gasteiger partial charge in [-0.2, -0.15) is 0 Å². The predicted octanol–water partition coefficient (Wildman–Crippen LogP) is 3.06. The van der Waals surface area contributed by atoms with E-state index in [4.69, 9.17) is 27.9 Å². The number of hydrogen-bond donors (Lipinski definition) is 1. The van der Waals surface area contributed by atoms with E-state index in [-0.39, 0.29) is 23.8 Å². The number of methoxy groups -OCH3 is 1. The molecule has 0 aliphatic carbocycles. The average Bonchev–Trinajstić information content (AvgIpc) is 2.54. The number of benzene rings is 1. The lowest BCUT2D eigenvalue weighted by molar-refractivity contribution is -0.147. The molecule has 0 aromatic heterocycles. The summed E-state index contributed by atoms with van der Waals surface area (Å²) in [6.07, 6.45) is 1.44. The normalized spacial score (nSPS) is 17.3. The van der Waals surface area contributed by atoms with Crippen LogP contribution >= 0.6 is 23.2 Å². The van der Waals surface area contributed by atoms with Crippen molar-refractivity contribution in [1.29, 1.82) is 0 Å². The SMILES string of the molecule is COC(=O)C1CCN(CC(=O)N[C@@H](C)c2ccc(Cl)cc2Cl)CC1. The molecule has 1 atom stereocenters. The standard InChI is InChI=1S/C17H22Cl2N2O3/c1-11(14-4-3-13(18)9-15(14)19)20-16(22)10-21-7-5-12(6-8-21)17(23)24-2/h3-4,9,11-12H,5-8,10H2,1-2H3,(H,20,22)/t11-/m0/s1. The van der Waals surface area contributed by atoms with Gasteiger partial charge in [0.1, 0.15) is 0 Å². The van der Waals surface area contributed by atoms with Gasteiger partial charge in [-0.1, -0.05) is 29.3 Å². The van der Waals surface area contributed by atoms with Crippen LogP contribution in [0.2, 0.25) is 10.0 Å². The van der Waals surface area contributed by atoms with Crippen LogP contribution < -0.4 is 5.32 Å². The molecule has 2 rings (SSSR count). The van der Waals surface area contributed by atoms with Gasteiger partial charge in [0, 0.05) is 10.0 Å². The van der Waals surface area contributed by atoms with Crippen LogP contribution in [-0.2, 0) is 14.3 Å². The Hall–Kier alpha value is -1.30. The Kier molecular flexibility index (Phi) is 6.90. The average molecular weight is 373 g/mol. The Balaban J connectivity index is 1.82. The van der Waals surface area contributed by atoms with E-state index in [0.717, 1.165) is 18.4 Å². The Labute approximate surface area is 152 Å². The molecular formula is C17H22Cl2N2O3. The molecule has 0 unspecified atom stereocenters. The van der Waals surface area contributed by atoms with Crippen molar-refractivity contribution in [2.45, 2.75) is 25.8 Å². The van der Waals surface area contributed by atoms with Crippen LogP contribution in [0.1, 0.15) is 31.4 Å². The summed E-state index contributed by atoms with van der Waals surface area (Å²) >= 11 is 12.1.